The number of likely N-dealkylation sites (tertiary alicyclic amines) is 2. The molecular formula is C23H33N3O2. The number of nitrogens with zero attached hydrogens (tertiary/aromatic N) is 3. The summed E-state index contributed by atoms with van der Waals surface area (Å²) in [6.45, 7) is 7.79. The normalized spacial score (nSPS) is 21.5. The van der Waals surface area contributed by atoms with Crippen molar-refractivity contribution in [3.05, 3.63) is 29.3 Å². The van der Waals surface area contributed by atoms with Crippen molar-refractivity contribution in [1.29, 1.82) is 0 Å². The van der Waals surface area contributed by atoms with Crippen LogP contribution in [-0.2, 0) is 11.2 Å². The van der Waals surface area contributed by atoms with Crippen LogP contribution >= 0.6 is 0 Å². The molecule has 5 heteroatoms. The van der Waals surface area contributed by atoms with Crippen LogP contribution in [0.2, 0.25) is 0 Å². The Balaban J connectivity index is 1.32. The molecule has 1 aromatic carbocycles. The van der Waals surface area contributed by atoms with Gasteiger partial charge in [-0.05, 0) is 74.9 Å². The second-order valence-corrected chi connectivity index (χ2v) is 8.71. The average Bonchev–Trinajstić information content (AvgIpc) is 2.97. The molecule has 0 saturated carbocycles. The Hall–Kier alpha value is -1.88. The third kappa shape index (κ3) is 4.24. The molecule has 28 heavy (non-hydrogen) atoms. The zero-order valence-electron chi connectivity index (χ0n) is 17.2. The predicted molar refractivity (Wildman–Crippen MR) is 112 cm³/mol. The van der Waals surface area contributed by atoms with Gasteiger partial charge in [-0.3, -0.25) is 9.59 Å². The molecule has 0 unspecified atom stereocenters. The van der Waals surface area contributed by atoms with Crippen molar-refractivity contribution in [2.45, 2.75) is 51.9 Å². The third-order valence-electron chi connectivity index (χ3n) is 6.72. The van der Waals surface area contributed by atoms with Crippen LogP contribution in [0.5, 0.6) is 0 Å². The van der Waals surface area contributed by atoms with E-state index in [1.807, 2.05) is 23.1 Å². The van der Waals surface area contributed by atoms with Gasteiger partial charge in [-0.25, -0.2) is 0 Å². The van der Waals surface area contributed by atoms with E-state index < -0.39 is 0 Å². The fraction of sp³-hybridized carbons (Fsp3) is 0.652. The standard InChI is InChI=1S/C23H33N3O2/c1-18(27)26-15-10-20-16-21(6-7-22(20)26)23(28)25-13-8-19(9-14-25)17-24-11-4-2-3-5-12-24/h6-7,16,19H,2-5,8-15,17H2,1H3. The number of carbonyl (C=O) groups is 2. The van der Waals surface area contributed by atoms with Crippen molar-refractivity contribution in [3.63, 3.8) is 0 Å². The van der Waals surface area contributed by atoms with E-state index in [1.54, 1.807) is 11.8 Å². The first-order valence-corrected chi connectivity index (χ1v) is 11.0. The van der Waals surface area contributed by atoms with E-state index in [0.29, 0.717) is 0 Å². The van der Waals surface area contributed by atoms with Crippen molar-refractivity contribution >= 4 is 17.5 Å². The van der Waals surface area contributed by atoms with E-state index in [0.717, 1.165) is 61.6 Å². The smallest absolute Gasteiger partial charge is 0.253 e. The molecule has 3 aliphatic rings. The maximum atomic E-state index is 13.0. The average molecular weight is 384 g/mol. The molecule has 152 valence electrons. The fourth-order valence-electron chi connectivity index (χ4n) is 5.05. The Kier molecular flexibility index (Phi) is 6.00. The monoisotopic (exact) mass is 383 g/mol. The molecule has 2 amide bonds. The molecular weight excluding hydrogens is 350 g/mol. The lowest BCUT2D eigenvalue weighted by Gasteiger charge is -2.34. The predicted octanol–water partition coefficient (Wildman–Crippen LogP) is 3.32. The molecule has 1 aromatic rings. The minimum Gasteiger partial charge on any atom is -0.339 e. The molecule has 5 nitrogen and oxygen atoms in total. The summed E-state index contributed by atoms with van der Waals surface area (Å²) < 4.78 is 0. The van der Waals surface area contributed by atoms with Crippen LogP contribution in [0.15, 0.2) is 18.2 Å². The topological polar surface area (TPSA) is 43.9 Å². The van der Waals surface area contributed by atoms with Gasteiger partial charge >= 0.3 is 0 Å². The molecule has 0 atom stereocenters. The Morgan fingerprint density at radius 3 is 2.36 bits per heavy atom. The van der Waals surface area contributed by atoms with Crippen molar-refractivity contribution in [2.75, 3.05) is 44.2 Å². The number of rotatable bonds is 3. The van der Waals surface area contributed by atoms with Crippen LogP contribution in [0.25, 0.3) is 0 Å². The number of carbonyl (C=O) groups excluding carboxylic acids is 2. The maximum Gasteiger partial charge on any atom is 0.253 e. The van der Waals surface area contributed by atoms with E-state index in [1.165, 1.54) is 45.3 Å². The fourth-order valence-corrected chi connectivity index (χ4v) is 5.05. The summed E-state index contributed by atoms with van der Waals surface area (Å²) in [5.74, 6) is 0.952. The van der Waals surface area contributed by atoms with Crippen LogP contribution in [0, 0.1) is 5.92 Å². The summed E-state index contributed by atoms with van der Waals surface area (Å²) >= 11 is 0. The Morgan fingerprint density at radius 2 is 1.68 bits per heavy atom. The van der Waals surface area contributed by atoms with Crippen molar-refractivity contribution in [2.24, 2.45) is 5.92 Å². The number of anilines is 1. The lowest BCUT2D eigenvalue weighted by atomic mass is 9.95. The van der Waals surface area contributed by atoms with Crippen LogP contribution in [0.1, 0.15) is 61.4 Å². The number of amides is 2. The summed E-state index contributed by atoms with van der Waals surface area (Å²) in [4.78, 5) is 31.2. The largest absolute Gasteiger partial charge is 0.339 e. The van der Waals surface area contributed by atoms with Gasteiger partial charge in [-0.15, -0.1) is 0 Å². The first kappa shape index (κ1) is 19.4. The molecule has 0 N–H and O–H groups in total. The minimum atomic E-state index is 0.0734. The molecule has 3 heterocycles. The van der Waals surface area contributed by atoms with Crippen LogP contribution in [-0.4, -0.2) is 60.9 Å². The molecule has 0 bridgehead atoms. The van der Waals surface area contributed by atoms with E-state index in [9.17, 15) is 9.59 Å². The Bertz CT molecular complexity index is 717. The van der Waals surface area contributed by atoms with Gasteiger partial charge in [0.15, 0.2) is 0 Å². The quantitative estimate of drug-likeness (QED) is 0.804. The van der Waals surface area contributed by atoms with E-state index in [2.05, 4.69) is 4.90 Å². The van der Waals surface area contributed by atoms with Gasteiger partial charge in [0.05, 0.1) is 0 Å². The second-order valence-electron chi connectivity index (χ2n) is 8.71. The van der Waals surface area contributed by atoms with Gasteiger partial charge in [-0.1, -0.05) is 12.8 Å². The van der Waals surface area contributed by atoms with Crippen LogP contribution in [0.3, 0.4) is 0 Å². The molecule has 4 rings (SSSR count). The summed E-state index contributed by atoms with van der Waals surface area (Å²) in [5, 5.41) is 0. The lowest BCUT2D eigenvalue weighted by Crippen LogP contribution is -2.41. The van der Waals surface area contributed by atoms with E-state index in [-0.39, 0.29) is 11.8 Å². The Morgan fingerprint density at radius 1 is 0.964 bits per heavy atom. The third-order valence-corrected chi connectivity index (χ3v) is 6.72. The number of hydrogen-bond acceptors (Lipinski definition) is 3. The van der Waals surface area contributed by atoms with Gasteiger partial charge < -0.3 is 14.7 Å². The zero-order valence-corrected chi connectivity index (χ0v) is 17.2. The molecule has 2 saturated heterocycles. The zero-order chi connectivity index (χ0) is 19.5. The van der Waals surface area contributed by atoms with Gasteiger partial charge in [0.2, 0.25) is 5.91 Å². The molecule has 3 aliphatic heterocycles. The van der Waals surface area contributed by atoms with Gasteiger partial charge in [-0.2, -0.15) is 0 Å². The minimum absolute atomic E-state index is 0.0734. The van der Waals surface area contributed by atoms with Gasteiger partial charge in [0.25, 0.3) is 5.91 Å². The second kappa shape index (κ2) is 8.64. The highest BCUT2D eigenvalue weighted by Gasteiger charge is 2.27. The first-order valence-electron chi connectivity index (χ1n) is 11.0. The maximum absolute atomic E-state index is 13.0. The molecule has 0 spiro atoms. The van der Waals surface area contributed by atoms with E-state index >= 15 is 0 Å². The van der Waals surface area contributed by atoms with Crippen molar-refractivity contribution in [1.82, 2.24) is 9.80 Å². The number of benzene rings is 1. The van der Waals surface area contributed by atoms with Crippen LogP contribution < -0.4 is 4.90 Å². The number of fused-ring (bicyclic) bond motifs is 1. The first-order chi connectivity index (χ1) is 13.6. The SMILES string of the molecule is CC(=O)N1CCc2cc(C(=O)N3CCC(CN4CCCCCC4)CC3)ccc21. The number of hydrogen-bond donors (Lipinski definition) is 0. The molecule has 2 fully saturated rings. The summed E-state index contributed by atoms with van der Waals surface area (Å²) in [5.41, 5.74) is 2.87. The molecule has 0 radical (unpaired) electrons. The lowest BCUT2D eigenvalue weighted by molar-refractivity contribution is -0.116. The van der Waals surface area contributed by atoms with E-state index in [4.69, 9.17) is 0 Å². The van der Waals surface area contributed by atoms with Crippen molar-refractivity contribution < 1.29 is 9.59 Å². The highest BCUT2D eigenvalue weighted by Crippen LogP contribution is 2.30. The number of piperidine rings is 1. The summed E-state index contributed by atoms with van der Waals surface area (Å²) in [7, 11) is 0. The van der Waals surface area contributed by atoms with Crippen LogP contribution in [0.4, 0.5) is 5.69 Å². The summed E-state index contributed by atoms with van der Waals surface area (Å²) in [6, 6.07) is 5.85. The van der Waals surface area contributed by atoms with Crippen molar-refractivity contribution in [3.8, 4) is 0 Å². The molecule has 0 aliphatic carbocycles. The highest BCUT2D eigenvalue weighted by atomic mass is 16.2. The van der Waals surface area contributed by atoms with Gasteiger partial charge in [0.1, 0.15) is 0 Å². The van der Waals surface area contributed by atoms with Gasteiger partial charge in [0, 0.05) is 44.4 Å². The summed E-state index contributed by atoms with van der Waals surface area (Å²) in [6.07, 6.45) is 8.53. The highest BCUT2D eigenvalue weighted by molar-refractivity contribution is 5.97. The Labute approximate surface area is 168 Å². The molecule has 0 aromatic heterocycles.